The molecule has 0 spiro atoms. The number of halogens is 1. The van der Waals surface area contributed by atoms with Gasteiger partial charge in [0, 0.05) is 24.4 Å². The van der Waals surface area contributed by atoms with Crippen LogP contribution in [0.15, 0.2) is 78.0 Å². The highest BCUT2D eigenvalue weighted by atomic mass is 19.1. The van der Waals surface area contributed by atoms with Gasteiger partial charge in [-0.2, -0.15) is 0 Å². The van der Waals surface area contributed by atoms with Crippen LogP contribution in [0.5, 0.6) is 0 Å². The summed E-state index contributed by atoms with van der Waals surface area (Å²) < 4.78 is 14.5. The second kappa shape index (κ2) is 7.89. The lowest BCUT2D eigenvalue weighted by Gasteiger charge is -2.08. The molecular formula is C25H23FN2. The molecule has 3 aromatic rings. The molecule has 2 aromatic carbocycles. The standard InChI is InChI=1S/C25H23FN2/c1-17(2)15-18-7-9-20(10-8-18)24-16-22(19-11-13-27-14-12-19)25(28-24)21-5-3-4-6-23(21)26/h3-14,17H,15-16H2,1-2H3. The molecule has 0 atom stereocenters. The molecule has 0 unspecified atom stereocenters. The highest BCUT2D eigenvalue weighted by Gasteiger charge is 2.23. The fourth-order valence-electron chi connectivity index (χ4n) is 3.63. The molecule has 1 aliphatic heterocycles. The van der Waals surface area contributed by atoms with Gasteiger partial charge >= 0.3 is 0 Å². The van der Waals surface area contributed by atoms with Crippen LogP contribution in [0.2, 0.25) is 0 Å². The lowest BCUT2D eigenvalue weighted by Crippen LogP contribution is -2.00. The van der Waals surface area contributed by atoms with E-state index in [1.807, 2.05) is 18.2 Å². The summed E-state index contributed by atoms with van der Waals surface area (Å²) in [5.41, 5.74) is 6.71. The van der Waals surface area contributed by atoms with Crippen molar-refractivity contribution in [2.75, 3.05) is 0 Å². The lowest BCUT2D eigenvalue weighted by molar-refractivity contribution is 0.624. The van der Waals surface area contributed by atoms with Crippen molar-refractivity contribution in [1.29, 1.82) is 0 Å². The molecule has 0 N–H and O–H groups in total. The Labute approximate surface area is 165 Å². The average Bonchev–Trinajstić information content (AvgIpc) is 3.14. The van der Waals surface area contributed by atoms with Gasteiger partial charge in [-0.05, 0) is 58.9 Å². The molecule has 2 heterocycles. The van der Waals surface area contributed by atoms with Gasteiger partial charge in [-0.1, -0.05) is 50.2 Å². The molecule has 0 saturated heterocycles. The highest BCUT2D eigenvalue weighted by Crippen LogP contribution is 2.37. The number of benzene rings is 2. The maximum atomic E-state index is 14.5. The van der Waals surface area contributed by atoms with Crippen LogP contribution >= 0.6 is 0 Å². The number of aromatic nitrogens is 1. The molecule has 0 saturated carbocycles. The van der Waals surface area contributed by atoms with Gasteiger partial charge in [0.1, 0.15) is 5.82 Å². The van der Waals surface area contributed by atoms with Crippen LogP contribution in [0.1, 0.15) is 42.5 Å². The van der Waals surface area contributed by atoms with Crippen LogP contribution < -0.4 is 0 Å². The zero-order valence-corrected chi connectivity index (χ0v) is 16.2. The van der Waals surface area contributed by atoms with Crippen molar-refractivity contribution < 1.29 is 4.39 Å². The first-order chi connectivity index (χ1) is 13.6. The Morgan fingerprint density at radius 2 is 1.61 bits per heavy atom. The lowest BCUT2D eigenvalue weighted by atomic mass is 9.95. The Kier molecular flexibility index (Phi) is 5.16. The molecule has 0 fully saturated rings. The van der Waals surface area contributed by atoms with Crippen molar-refractivity contribution in [3.05, 3.63) is 101 Å². The van der Waals surface area contributed by atoms with Crippen molar-refractivity contribution in [2.24, 2.45) is 10.9 Å². The van der Waals surface area contributed by atoms with E-state index in [0.29, 0.717) is 23.6 Å². The number of aliphatic imine (C=N–C) groups is 1. The van der Waals surface area contributed by atoms with Gasteiger partial charge in [0.2, 0.25) is 0 Å². The number of allylic oxidation sites excluding steroid dienone is 1. The van der Waals surface area contributed by atoms with E-state index in [1.54, 1.807) is 24.5 Å². The van der Waals surface area contributed by atoms with Gasteiger partial charge in [0.25, 0.3) is 0 Å². The molecule has 28 heavy (non-hydrogen) atoms. The number of hydrogen-bond acceptors (Lipinski definition) is 2. The normalized spacial score (nSPS) is 13.9. The largest absolute Gasteiger partial charge is 0.265 e. The molecule has 4 rings (SSSR count). The summed E-state index contributed by atoms with van der Waals surface area (Å²) >= 11 is 0. The van der Waals surface area contributed by atoms with Crippen LogP contribution in [0.25, 0.3) is 11.3 Å². The highest BCUT2D eigenvalue weighted by molar-refractivity contribution is 6.16. The van der Waals surface area contributed by atoms with Gasteiger partial charge in [-0.25, -0.2) is 4.39 Å². The maximum Gasteiger partial charge on any atom is 0.132 e. The van der Waals surface area contributed by atoms with E-state index >= 15 is 0 Å². The Bertz CT molecular complexity index is 1030. The Morgan fingerprint density at radius 3 is 2.29 bits per heavy atom. The smallest absolute Gasteiger partial charge is 0.132 e. The summed E-state index contributed by atoms with van der Waals surface area (Å²) in [5, 5.41) is 0. The third-order valence-electron chi connectivity index (χ3n) is 4.97. The number of pyridine rings is 1. The van der Waals surface area contributed by atoms with E-state index in [0.717, 1.165) is 28.8 Å². The summed E-state index contributed by atoms with van der Waals surface area (Å²) in [6.07, 6.45) is 5.27. The van der Waals surface area contributed by atoms with E-state index in [1.165, 1.54) is 11.6 Å². The van der Waals surface area contributed by atoms with Gasteiger partial charge in [-0.15, -0.1) is 0 Å². The zero-order valence-electron chi connectivity index (χ0n) is 16.2. The molecule has 1 aliphatic rings. The molecule has 1 aromatic heterocycles. The van der Waals surface area contributed by atoms with Crippen molar-refractivity contribution in [2.45, 2.75) is 26.7 Å². The van der Waals surface area contributed by atoms with E-state index < -0.39 is 0 Å². The van der Waals surface area contributed by atoms with Crippen LogP contribution in [0.4, 0.5) is 4.39 Å². The topological polar surface area (TPSA) is 25.2 Å². The third-order valence-corrected chi connectivity index (χ3v) is 4.97. The summed E-state index contributed by atoms with van der Waals surface area (Å²) in [5.74, 6) is 0.378. The van der Waals surface area contributed by atoms with E-state index in [2.05, 4.69) is 43.1 Å². The van der Waals surface area contributed by atoms with Gasteiger partial charge in [0.05, 0.1) is 11.4 Å². The maximum absolute atomic E-state index is 14.5. The summed E-state index contributed by atoms with van der Waals surface area (Å²) in [7, 11) is 0. The van der Waals surface area contributed by atoms with E-state index in [9.17, 15) is 4.39 Å². The Morgan fingerprint density at radius 1 is 0.893 bits per heavy atom. The van der Waals surface area contributed by atoms with Crippen LogP contribution in [0, 0.1) is 11.7 Å². The van der Waals surface area contributed by atoms with Gasteiger partial charge in [0.15, 0.2) is 0 Å². The fraction of sp³-hybridized carbons (Fsp3) is 0.200. The molecule has 3 heteroatoms. The predicted octanol–water partition coefficient (Wildman–Crippen LogP) is 6.18. The number of rotatable bonds is 5. The average molecular weight is 370 g/mol. The minimum Gasteiger partial charge on any atom is -0.265 e. The molecule has 140 valence electrons. The van der Waals surface area contributed by atoms with Gasteiger partial charge < -0.3 is 0 Å². The van der Waals surface area contributed by atoms with Crippen LogP contribution in [-0.4, -0.2) is 10.7 Å². The zero-order chi connectivity index (χ0) is 19.5. The summed E-state index contributed by atoms with van der Waals surface area (Å²) in [6.45, 7) is 4.45. The third kappa shape index (κ3) is 3.79. The van der Waals surface area contributed by atoms with Crippen molar-refractivity contribution in [3.63, 3.8) is 0 Å². The first-order valence-corrected chi connectivity index (χ1v) is 9.67. The predicted molar refractivity (Wildman–Crippen MR) is 114 cm³/mol. The minimum absolute atomic E-state index is 0.249. The minimum atomic E-state index is -0.249. The monoisotopic (exact) mass is 370 g/mol. The number of hydrogen-bond donors (Lipinski definition) is 0. The van der Waals surface area contributed by atoms with E-state index in [-0.39, 0.29) is 5.82 Å². The van der Waals surface area contributed by atoms with Gasteiger partial charge in [-0.3, -0.25) is 9.98 Å². The molecule has 0 amide bonds. The van der Waals surface area contributed by atoms with Crippen LogP contribution in [-0.2, 0) is 6.42 Å². The summed E-state index contributed by atoms with van der Waals surface area (Å²) in [4.78, 5) is 8.98. The van der Waals surface area contributed by atoms with Crippen molar-refractivity contribution in [1.82, 2.24) is 4.98 Å². The van der Waals surface area contributed by atoms with Crippen molar-refractivity contribution >= 4 is 17.0 Å². The van der Waals surface area contributed by atoms with Crippen LogP contribution in [0.3, 0.4) is 0 Å². The molecule has 0 bridgehead atoms. The fourth-order valence-corrected chi connectivity index (χ4v) is 3.63. The first kappa shape index (κ1) is 18.3. The second-order valence-electron chi connectivity index (χ2n) is 7.57. The summed E-state index contributed by atoms with van der Waals surface area (Å²) in [6, 6.07) is 19.4. The second-order valence-corrected chi connectivity index (χ2v) is 7.57. The molecule has 0 aliphatic carbocycles. The Balaban J connectivity index is 1.73. The molecular weight excluding hydrogens is 347 g/mol. The van der Waals surface area contributed by atoms with Crippen molar-refractivity contribution in [3.8, 4) is 0 Å². The SMILES string of the molecule is CC(C)Cc1ccc(C2=NC(c3ccccc3F)=C(c3ccncc3)C2)cc1. The number of nitrogens with zero attached hydrogens (tertiary/aromatic N) is 2. The quantitative estimate of drug-likeness (QED) is 0.526. The first-order valence-electron chi connectivity index (χ1n) is 9.67. The Hall–Kier alpha value is -3.07. The molecule has 2 nitrogen and oxygen atoms in total. The van der Waals surface area contributed by atoms with E-state index in [4.69, 9.17) is 4.99 Å². The molecule has 0 radical (unpaired) electrons.